The van der Waals surface area contributed by atoms with Crippen LogP contribution >= 0.6 is 0 Å². The van der Waals surface area contributed by atoms with Gasteiger partial charge in [0.1, 0.15) is 12.4 Å². The Kier molecular flexibility index (Phi) is 5.94. The molecule has 0 spiro atoms. The summed E-state index contributed by atoms with van der Waals surface area (Å²) in [7, 11) is 0. The topological polar surface area (TPSA) is 85.9 Å². The fourth-order valence-corrected chi connectivity index (χ4v) is 5.61. The fourth-order valence-electron chi connectivity index (χ4n) is 5.61. The predicted molar refractivity (Wildman–Crippen MR) is 110 cm³/mol. The lowest BCUT2D eigenvalue weighted by Crippen LogP contribution is -2.84. The van der Waals surface area contributed by atoms with Crippen molar-refractivity contribution in [1.29, 1.82) is 0 Å². The number of hydrogen-bond donors (Lipinski definition) is 2. The number of fused-ring (bicyclic) bond motifs is 1. The lowest BCUT2D eigenvalue weighted by molar-refractivity contribution is -0.357. The van der Waals surface area contributed by atoms with Crippen LogP contribution in [0.1, 0.15) is 49.7 Å². The Morgan fingerprint density at radius 2 is 1.67 bits per heavy atom. The minimum Gasteiger partial charge on any atom is -0.480 e. The number of hydrogen-bond acceptors (Lipinski definition) is 5. The summed E-state index contributed by atoms with van der Waals surface area (Å²) in [5.41, 5.74) is -1.24. The molecular weight excluding hydrogens is 498 g/mol. The standard InChI is InChI=1S/C23H24F6N2O5/c24-22(25,26)13-2-4-16-12(5-13)1-3-17(35-16)19(33)31-21-9-20(10-21,11-21)30-18(32)8-34-14-6-15(7-14)36-23(27,28)29/h2,4-5,14-15,17H,1,3,6-11H2,(H,30,32)(H,31,33). The molecule has 6 rings (SSSR count). The van der Waals surface area contributed by atoms with Crippen molar-refractivity contribution in [2.75, 3.05) is 6.61 Å². The molecule has 1 aromatic carbocycles. The van der Waals surface area contributed by atoms with E-state index >= 15 is 0 Å². The van der Waals surface area contributed by atoms with Gasteiger partial charge >= 0.3 is 12.5 Å². The van der Waals surface area contributed by atoms with Crippen LogP contribution in [0.4, 0.5) is 26.3 Å². The summed E-state index contributed by atoms with van der Waals surface area (Å²) in [6, 6.07) is 3.20. The summed E-state index contributed by atoms with van der Waals surface area (Å²) in [6.45, 7) is -0.268. The minimum atomic E-state index is -4.68. The molecule has 2 N–H and O–H groups in total. The highest BCUT2D eigenvalue weighted by atomic mass is 19.4. The number of nitrogens with one attached hydrogen (secondary N) is 2. The molecule has 4 fully saturated rings. The zero-order valence-corrected chi connectivity index (χ0v) is 18.9. The molecule has 1 aromatic rings. The van der Waals surface area contributed by atoms with Crippen LogP contribution in [0.2, 0.25) is 0 Å². The van der Waals surface area contributed by atoms with Gasteiger partial charge in [0.05, 0.1) is 17.8 Å². The van der Waals surface area contributed by atoms with Gasteiger partial charge in [-0.25, -0.2) is 0 Å². The van der Waals surface area contributed by atoms with E-state index in [1.807, 2.05) is 0 Å². The summed E-state index contributed by atoms with van der Waals surface area (Å²) < 4.78 is 89.9. The molecule has 5 aliphatic rings. The van der Waals surface area contributed by atoms with Crippen LogP contribution < -0.4 is 15.4 Å². The predicted octanol–water partition coefficient (Wildman–Crippen LogP) is 3.39. The molecule has 0 radical (unpaired) electrons. The molecule has 198 valence electrons. The first-order chi connectivity index (χ1) is 16.7. The molecule has 1 heterocycles. The van der Waals surface area contributed by atoms with Crippen LogP contribution in [0.15, 0.2) is 18.2 Å². The van der Waals surface area contributed by atoms with Crippen molar-refractivity contribution in [2.24, 2.45) is 0 Å². The fraction of sp³-hybridized carbons (Fsp3) is 0.652. The number of ether oxygens (including phenoxy) is 3. The van der Waals surface area contributed by atoms with E-state index in [1.165, 1.54) is 6.07 Å². The van der Waals surface area contributed by atoms with E-state index < -0.39 is 47.5 Å². The first-order valence-corrected chi connectivity index (χ1v) is 11.6. The van der Waals surface area contributed by atoms with E-state index in [1.54, 1.807) is 0 Å². The molecule has 4 aliphatic carbocycles. The van der Waals surface area contributed by atoms with Gasteiger partial charge in [-0.15, -0.1) is 13.2 Å². The normalized spacial score (nSPS) is 32.7. The quantitative estimate of drug-likeness (QED) is 0.537. The second-order valence-electron chi connectivity index (χ2n) is 10.2. The number of carbonyl (C=O) groups is 2. The number of benzene rings is 1. The molecule has 13 heteroatoms. The lowest BCUT2D eigenvalue weighted by atomic mass is 9.44. The highest BCUT2D eigenvalue weighted by molar-refractivity contribution is 5.84. The van der Waals surface area contributed by atoms with E-state index in [0.29, 0.717) is 24.8 Å². The Morgan fingerprint density at radius 1 is 1.00 bits per heavy atom. The molecule has 1 atom stereocenters. The Balaban J connectivity index is 1.02. The molecule has 0 aromatic heterocycles. The molecule has 2 bridgehead atoms. The number of alkyl halides is 6. The first-order valence-electron chi connectivity index (χ1n) is 11.6. The maximum Gasteiger partial charge on any atom is 0.522 e. The van der Waals surface area contributed by atoms with E-state index in [9.17, 15) is 35.9 Å². The number of carbonyl (C=O) groups excluding carboxylic acids is 2. The van der Waals surface area contributed by atoms with Gasteiger partial charge in [0.2, 0.25) is 5.91 Å². The second kappa shape index (κ2) is 8.51. The maximum absolute atomic E-state index is 12.9. The van der Waals surface area contributed by atoms with Crippen molar-refractivity contribution in [3.8, 4) is 5.75 Å². The Morgan fingerprint density at radius 3 is 2.31 bits per heavy atom. The number of halogens is 6. The Bertz CT molecular complexity index is 1030. The summed E-state index contributed by atoms with van der Waals surface area (Å²) >= 11 is 0. The molecule has 7 nitrogen and oxygen atoms in total. The van der Waals surface area contributed by atoms with Crippen LogP contribution in [-0.2, 0) is 31.7 Å². The third-order valence-electron chi connectivity index (χ3n) is 7.25. The molecule has 0 saturated heterocycles. The molecule has 36 heavy (non-hydrogen) atoms. The molecular formula is C23H24F6N2O5. The van der Waals surface area contributed by atoms with Crippen molar-refractivity contribution in [2.45, 2.75) is 86.9 Å². The van der Waals surface area contributed by atoms with Gasteiger partial charge in [-0.2, -0.15) is 13.2 Å². The molecule has 1 aliphatic heterocycles. The van der Waals surface area contributed by atoms with Gasteiger partial charge in [-0.3, -0.25) is 14.3 Å². The van der Waals surface area contributed by atoms with Crippen LogP contribution in [0, 0.1) is 0 Å². The maximum atomic E-state index is 12.9. The Labute approximate surface area is 201 Å². The van der Waals surface area contributed by atoms with E-state index in [2.05, 4.69) is 15.4 Å². The zero-order chi connectivity index (χ0) is 25.9. The Hall–Kier alpha value is -2.54. The minimum absolute atomic E-state index is 0.0737. The van der Waals surface area contributed by atoms with Gasteiger partial charge in [-0.1, -0.05) is 0 Å². The van der Waals surface area contributed by atoms with Gasteiger partial charge in [-0.05, 0) is 55.9 Å². The largest absolute Gasteiger partial charge is 0.522 e. The lowest BCUT2D eigenvalue weighted by Gasteiger charge is -2.70. The van der Waals surface area contributed by atoms with Gasteiger partial charge < -0.3 is 20.1 Å². The molecule has 2 amide bonds. The number of rotatable bonds is 7. The average molecular weight is 522 g/mol. The highest BCUT2D eigenvalue weighted by Crippen LogP contribution is 2.60. The van der Waals surface area contributed by atoms with Crippen molar-refractivity contribution in [3.63, 3.8) is 0 Å². The van der Waals surface area contributed by atoms with E-state index in [0.717, 1.165) is 12.1 Å². The molecule has 4 saturated carbocycles. The zero-order valence-electron chi connectivity index (χ0n) is 18.9. The van der Waals surface area contributed by atoms with Crippen molar-refractivity contribution < 1.29 is 50.1 Å². The molecule has 1 unspecified atom stereocenters. The van der Waals surface area contributed by atoms with Crippen molar-refractivity contribution in [1.82, 2.24) is 10.6 Å². The summed E-state index contributed by atoms with van der Waals surface area (Å²) in [6.07, 6.45) is -9.07. The third kappa shape index (κ3) is 5.13. The monoisotopic (exact) mass is 522 g/mol. The van der Waals surface area contributed by atoms with E-state index in [4.69, 9.17) is 9.47 Å². The summed E-state index contributed by atoms with van der Waals surface area (Å²) in [5.74, 6) is -0.456. The number of amides is 2. The summed E-state index contributed by atoms with van der Waals surface area (Å²) in [4.78, 5) is 24.9. The SMILES string of the molecule is O=C(COC1CC(OC(F)(F)F)C1)NC12CC(NC(=O)C3CCc4cc(C(F)(F)F)ccc4O3)(C1)C2. The van der Waals surface area contributed by atoms with Crippen molar-refractivity contribution in [3.05, 3.63) is 29.3 Å². The summed E-state index contributed by atoms with van der Waals surface area (Å²) in [5, 5.41) is 5.82. The van der Waals surface area contributed by atoms with Crippen molar-refractivity contribution >= 4 is 11.8 Å². The second-order valence-corrected chi connectivity index (χ2v) is 10.2. The first kappa shape index (κ1) is 25.1. The average Bonchev–Trinajstić information content (AvgIpc) is 2.70. The van der Waals surface area contributed by atoms with Crippen LogP contribution in [0.5, 0.6) is 5.75 Å². The van der Waals surface area contributed by atoms with Crippen LogP contribution in [0.3, 0.4) is 0 Å². The number of aryl methyl sites for hydroxylation is 1. The van der Waals surface area contributed by atoms with Crippen LogP contribution in [-0.4, -0.2) is 54.2 Å². The van der Waals surface area contributed by atoms with Gasteiger partial charge in [0.15, 0.2) is 6.10 Å². The van der Waals surface area contributed by atoms with Crippen LogP contribution in [0.25, 0.3) is 0 Å². The highest BCUT2D eigenvalue weighted by Gasteiger charge is 2.69. The van der Waals surface area contributed by atoms with Gasteiger partial charge in [0.25, 0.3) is 5.91 Å². The third-order valence-corrected chi connectivity index (χ3v) is 7.25. The van der Waals surface area contributed by atoms with E-state index in [-0.39, 0.29) is 49.9 Å². The van der Waals surface area contributed by atoms with Gasteiger partial charge in [0, 0.05) is 23.9 Å². The smallest absolute Gasteiger partial charge is 0.480 e.